The van der Waals surface area contributed by atoms with Gasteiger partial charge in [0.25, 0.3) is 0 Å². The van der Waals surface area contributed by atoms with E-state index >= 15 is 0 Å². The second-order valence-electron chi connectivity index (χ2n) is 8.15. The van der Waals surface area contributed by atoms with Crippen LogP contribution < -0.4 is 14.8 Å². The summed E-state index contributed by atoms with van der Waals surface area (Å²) in [6, 6.07) is 6.20. The van der Waals surface area contributed by atoms with Crippen LogP contribution in [0.3, 0.4) is 0 Å². The van der Waals surface area contributed by atoms with Gasteiger partial charge in [-0.25, -0.2) is 0 Å². The molecule has 0 bridgehead atoms. The smallest absolute Gasteiger partial charge is 0.231 e. The minimum atomic E-state index is -0.0284. The van der Waals surface area contributed by atoms with Crippen molar-refractivity contribution in [3.63, 3.8) is 0 Å². The summed E-state index contributed by atoms with van der Waals surface area (Å²) in [5.74, 6) is 1.75. The lowest BCUT2D eigenvalue weighted by molar-refractivity contribution is -0.118. The lowest BCUT2D eigenvalue weighted by Gasteiger charge is -2.39. The van der Waals surface area contributed by atoms with Crippen molar-refractivity contribution in [1.29, 1.82) is 0 Å². The third-order valence-electron chi connectivity index (χ3n) is 5.51. The Morgan fingerprint density at radius 2 is 1.96 bits per heavy atom. The number of benzene rings is 1. The number of fused-ring (bicyclic) bond motifs is 2. The molecule has 4 nitrogen and oxygen atoms in total. The van der Waals surface area contributed by atoms with Crippen LogP contribution in [0.4, 0.5) is 5.69 Å². The Bertz CT molecular complexity index is 970. The molecular formula is C21H21NO3S. The first kappa shape index (κ1) is 15.9. The number of ether oxygens (including phenoxy) is 2. The van der Waals surface area contributed by atoms with Crippen LogP contribution in [0.2, 0.25) is 0 Å². The number of nitrogens with one attached hydrogen (secondary N) is 1. The van der Waals surface area contributed by atoms with E-state index in [-0.39, 0.29) is 23.9 Å². The van der Waals surface area contributed by atoms with E-state index in [9.17, 15) is 4.79 Å². The Labute approximate surface area is 156 Å². The highest BCUT2D eigenvalue weighted by atomic mass is 32.1. The Kier molecular flexibility index (Phi) is 3.29. The third kappa shape index (κ3) is 2.30. The molecule has 1 N–H and O–H groups in total. The fourth-order valence-corrected chi connectivity index (χ4v) is 5.41. The molecule has 134 valence electrons. The predicted octanol–water partition coefficient (Wildman–Crippen LogP) is 4.99. The van der Waals surface area contributed by atoms with Crippen LogP contribution in [0.1, 0.15) is 48.6 Å². The molecule has 0 fully saturated rings. The molecule has 1 aromatic carbocycles. The highest BCUT2D eigenvalue weighted by Gasteiger charge is 2.42. The number of anilines is 1. The molecule has 0 spiro atoms. The van der Waals surface area contributed by atoms with E-state index in [0.29, 0.717) is 6.42 Å². The summed E-state index contributed by atoms with van der Waals surface area (Å²) in [4.78, 5) is 14.4. The molecule has 0 saturated carbocycles. The lowest BCUT2D eigenvalue weighted by Crippen LogP contribution is -2.33. The zero-order chi connectivity index (χ0) is 18.1. The normalized spacial score (nSPS) is 22.7. The van der Waals surface area contributed by atoms with Crippen molar-refractivity contribution in [2.75, 3.05) is 12.1 Å². The van der Waals surface area contributed by atoms with Gasteiger partial charge in [-0.3, -0.25) is 4.79 Å². The Morgan fingerprint density at radius 1 is 1.19 bits per heavy atom. The van der Waals surface area contributed by atoms with Crippen LogP contribution in [-0.4, -0.2) is 12.6 Å². The Balaban J connectivity index is 1.75. The number of carbonyl (C=O) groups excluding carboxylic acids is 1. The summed E-state index contributed by atoms with van der Waals surface area (Å²) in [7, 11) is 0. The van der Waals surface area contributed by atoms with Gasteiger partial charge in [0.05, 0.1) is 5.92 Å². The van der Waals surface area contributed by atoms with Crippen LogP contribution in [-0.2, 0) is 4.79 Å². The van der Waals surface area contributed by atoms with Crippen LogP contribution >= 0.6 is 11.3 Å². The van der Waals surface area contributed by atoms with Crippen LogP contribution in [0.5, 0.6) is 11.5 Å². The molecule has 2 aliphatic heterocycles. The molecule has 1 aromatic heterocycles. The van der Waals surface area contributed by atoms with Crippen LogP contribution in [0, 0.1) is 12.3 Å². The summed E-state index contributed by atoms with van der Waals surface area (Å²) < 4.78 is 11.2. The van der Waals surface area contributed by atoms with Gasteiger partial charge in [0.15, 0.2) is 17.3 Å². The summed E-state index contributed by atoms with van der Waals surface area (Å²) in [5, 5.41) is 5.66. The second kappa shape index (κ2) is 5.36. The number of hydrogen-bond donors (Lipinski definition) is 1. The number of rotatable bonds is 1. The molecule has 0 amide bonds. The third-order valence-corrected chi connectivity index (χ3v) is 6.60. The van der Waals surface area contributed by atoms with E-state index in [0.717, 1.165) is 40.4 Å². The molecule has 1 atom stereocenters. The SMILES string of the molecule is Cc1ccsc1[C@H]1C2=C(CC(C)(C)CC2=O)Nc2cc3c(cc21)OCO3. The molecule has 5 heteroatoms. The average molecular weight is 367 g/mol. The topological polar surface area (TPSA) is 47.6 Å². The van der Waals surface area contributed by atoms with Crippen molar-refractivity contribution in [2.24, 2.45) is 5.41 Å². The maximum absolute atomic E-state index is 13.2. The second-order valence-corrected chi connectivity index (χ2v) is 9.10. The summed E-state index contributed by atoms with van der Waals surface area (Å²) in [5.41, 5.74) is 5.33. The minimum absolute atomic E-state index is 0.0220. The predicted molar refractivity (Wildman–Crippen MR) is 102 cm³/mol. The molecule has 3 aliphatic rings. The molecular weight excluding hydrogens is 346 g/mol. The lowest BCUT2D eigenvalue weighted by atomic mass is 9.69. The van der Waals surface area contributed by atoms with Gasteiger partial charge < -0.3 is 14.8 Å². The van der Waals surface area contributed by atoms with Crippen molar-refractivity contribution in [2.45, 2.75) is 39.5 Å². The van der Waals surface area contributed by atoms with Gasteiger partial charge >= 0.3 is 0 Å². The molecule has 0 unspecified atom stereocenters. The van der Waals surface area contributed by atoms with E-state index in [1.54, 1.807) is 11.3 Å². The van der Waals surface area contributed by atoms with Gasteiger partial charge in [-0.05, 0) is 47.4 Å². The number of thiophene rings is 1. The molecule has 26 heavy (non-hydrogen) atoms. The standard InChI is InChI=1S/C21H21NO3S/c1-11-4-5-26-20(11)18-12-6-16-17(25-10-24-16)7-13(12)22-14-8-21(2,3)9-15(23)19(14)18/h4-7,18,22H,8-10H2,1-3H3/t18-/m1/s1. The number of ketones is 1. The summed E-state index contributed by atoms with van der Waals surface area (Å²) in [6.45, 7) is 6.70. The average Bonchev–Trinajstić information content (AvgIpc) is 3.18. The molecule has 0 radical (unpaired) electrons. The largest absolute Gasteiger partial charge is 0.454 e. The van der Waals surface area contributed by atoms with Gasteiger partial charge in [-0.1, -0.05) is 13.8 Å². The van der Waals surface area contributed by atoms with Gasteiger partial charge in [0.1, 0.15) is 0 Å². The first-order valence-corrected chi connectivity index (χ1v) is 9.82. The van der Waals surface area contributed by atoms with E-state index in [2.05, 4.69) is 37.5 Å². The molecule has 2 aromatic rings. The number of allylic oxidation sites excluding steroid dienone is 2. The highest BCUT2D eigenvalue weighted by Crippen LogP contribution is 2.52. The first-order valence-electron chi connectivity index (χ1n) is 8.94. The van der Waals surface area contributed by atoms with E-state index in [1.165, 1.54) is 10.4 Å². The maximum Gasteiger partial charge on any atom is 0.231 e. The van der Waals surface area contributed by atoms with Crippen LogP contribution in [0.15, 0.2) is 34.8 Å². The van der Waals surface area contributed by atoms with Crippen molar-refractivity contribution in [3.05, 3.63) is 50.9 Å². The number of Topliss-reactive ketones (excluding diaryl/α,β-unsaturated/α-hetero) is 1. The quantitative estimate of drug-likeness (QED) is 0.772. The number of hydrogen-bond acceptors (Lipinski definition) is 5. The molecule has 3 heterocycles. The first-order chi connectivity index (χ1) is 12.4. The van der Waals surface area contributed by atoms with Crippen molar-refractivity contribution >= 4 is 22.8 Å². The zero-order valence-electron chi connectivity index (χ0n) is 15.1. The summed E-state index contributed by atoms with van der Waals surface area (Å²) >= 11 is 1.72. The van der Waals surface area contributed by atoms with Crippen molar-refractivity contribution in [1.82, 2.24) is 0 Å². The number of carbonyl (C=O) groups is 1. The van der Waals surface area contributed by atoms with E-state index in [1.807, 2.05) is 12.1 Å². The van der Waals surface area contributed by atoms with E-state index in [4.69, 9.17) is 9.47 Å². The molecule has 1 aliphatic carbocycles. The highest BCUT2D eigenvalue weighted by molar-refractivity contribution is 7.10. The monoisotopic (exact) mass is 367 g/mol. The Hall–Kier alpha value is -2.27. The maximum atomic E-state index is 13.2. The fourth-order valence-electron chi connectivity index (χ4n) is 4.36. The van der Waals surface area contributed by atoms with Gasteiger partial charge in [-0.2, -0.15) is 0 Å². The summed E-state index contributed by atoms with van der Waals surface area (Å²) in [6.07, 6.45) is 1.47. The molecule has 0 saturated heterocycles. The minimum Gasteiger partial charge on any atom is -0.454 e. The van der Waals surface area contributed by atoms with Gasteiger partial charge in [-0.15, -0.1) is 11.3 Å². The van der Waals surface area contributed by atoms with E-state index < -0.39 is 0 Å². The number of aryl methyl sites for hydroxylation is 1. The zero-order valence-corrected chi connectivity index (χ0v) is 16.0. The van der Waals surface area contributed by atoms with Crippen molar-refractivity contribution < 1.29 is 14.3 Å². The van der Waals surface area contributed by atoms with Crippen molar-refractivity contribution in [3.8, 4) is 11.5 Å². The fraction of sp³-hybridized carbons (Fsp3) is 0.381. The van der Waals surface area contributed by atoms with Gasteiger partial charge in [0, 0.05) is 34.3 Å². The Morgan fingerprint density at radius 3 is 2.69 bits per heavy atom. The van der Waals surface area contributed by atoms with Crippen LogP contribution in [0.25, 0.3) is 0 Å². The molecule has 5 rings (SSSR count). The van der Waals surface area contributed by atoms with Gasteiger partial charge in [0.2, 0.25) is 6.79 Å².